The number of halogens is 5. The molecule has 0 radical (unpaired) electrons. The van der Waals surface area contributed by atoms with Crippen molar-refractivity contribution in [3.8, 4) is 0 Å². The standard InChI is InChI=1S/C18H14F5N3O3/c19-13-3-1-11(9-14(13)20)17(27)25-7-5-24(6-8-25)15-4-2-12(18(21,22)23)10-16(15)26(28)29/h1-4,9-10H,5-8H2. The fourth-order valence-electron chi connectivity index (χ4n) is 3.08. The summed E-state index contributed by atoms with van der Waals surface area (Å²) in [5.74, 6) is -2.78. The Bertz CT molecular complexity index is 956. The number of anilines is 1. The summed E-state index contributed by atoms with van der Waals surface area (Å²) < 4.78 is 64.8. The fraction of sp³-hybridized carbons (Fsp3) is 0.278. The van der Waals surface area contributed by atoms with Gasteiger partial charge in [0.05, 0.1) is 10.5 Å². The van der Waals surface area contributed by atoms with Crippen LogP contribution in [-0.4, -0.2) is 41.9 Å². The monoisotopic (exact) mass is 415 g/mol. The van der Waals surface area contributed by atoms with Gasteiger partial charge >= 0.3 is 6.18 Å². The predicted molar refractivity (Wildman–Crippen MR) is 92.6 cm³/mol. The van der Waals surface area contributed by atoms with Crippen LogP contribution in [0.5, 0.6) is 0 Å². The summed E-state index contributed by atoms with van der Waals surface area (Å²) in [7, 11) is 0. The smallest absolute Gasteiger partial charge is 0.362 e. The Labute approximate surface area is 161 Å². The van der Waals surface area contributed by atoms with E-state index in [1.54, 1.807) is 0 Å². The van der Waals surface area contributed by atoms with Crippen molar-refractivity contribution in [3.63, 3.8) is 0 Å². The zero-order valence-corrected chi connectivity index (χ0v) is 14.7. The first kappa shape index (κ1) is 20.5. The van der Waals surface area contributed by atoms with E-state index in [2.05, 4.69) is 0 Å². The van der Waals surface area contributed by atoms with Crippen molar-refractivity contribution in [3.05, 3.63) is 69.3 Å². The number of hydrogen-bond donors (Lipinski definition) is 0. The number of hydrogen-bond acceptors (Lipinski definition) is 4. The van der Waals surface area contributed by atoms with Crippen LogP contribution in [0.3, 0.4) is 0 Å². The van der Waals surface area contributed by atoms with Gasteiger partial charge in [-0.25, -0.2) is 8.78 Å². The molecule has 0 bridgehead atoms. The van der Waals surface area contributed by atoms with Gasteiger partial charge in [-0.05, 0) is 30.3 Å². The quantitative estimate of drug-likeness (QED) is 0.434. The lowest BCUT2D eigenvalue weighted by Gasteiger charge is -2.36. The number of nitro groups is 1. The maximum Gasteiger partial charge on any atom is 0.416 e. The van der Waals surface area contributed by atoms with E-state index in [4.69, 9.17) is 0 Å². The molecule has 0 aromatic heterocycles. The Kier molecular flexibility index (Phi) is 5.40. The average Bonchev–Trinajstić information content (AvgIpc) is 2.68. The number of piperazine rings is 1. The lowest BCUT2D eigenvalue weighted by Crippen LogP contribution is -2.49. The van der Waals surface area contributed by atoms with Crippen LogP contribution in [0, 0.1) is 21.7 Å². The number of amides is 1. The van der Waals surface area contributed by atoms with Gasteiger partial charge < -0.3 is 9.80 Å². The first-order chi connectivity index (χ1) is 13.6. The highest BCUT2D eigenvalue weighted by Crippen LogP contribution is 2.36. The molecule has 1 amide bonds. The van der Waals surface area contributed by atoms with Gasteiger partial charge in [0.15, 0.2) is 11.6 Å². The van der Waals surface area contributed by atoms with Gasteiger partial charge in [0.1, 0.15) is 5.69 Å². The fourth-order valence-corrected chi connectivity index (χ4v) is 3.08. The highest BCUT2D eigenvalue weighted by molar-refractivity contribution is 5.94. The van der Waals surface area contributed by atoms with E-state index in [-0.39, 0.29) is 37.4 Å². The molecule has 3 rings (SSSR count). The molecular formula is C18H14F5N3O3. The van der Waals surface area contributed by atoms with Gasteiger partial charge in [0.2, 0.25) is 0 Å². The normalized spacial score (nSPS) is 14.8. The summed E-state index contributed by atoms with van der Waals surface area (Å²) >= 11 is 0. The molecule has 0 unspecified atom stereocenters. The molecule has 154 valence electrons. The maximum absolute atomic E-state index is 13.3. The molecule has 1 aliphatic heterocycles. The molecule has 1 aliphatic rings. The summed E-state index contributed by atoms with van der Waals surface area (Å²) in [5.41, 5.74) is -1.83. The number of carbonyl (C=O) groups excluding carboxylic acids is 1. The summed E-state index contributed by atoms with van der Waals surface area (Å²) in [6, 6.07) is 5.05. The van der Waals surface area contributed by atoms with Crippen LogP contribution in [0.1, 0.15) is 15.9 Å². The lowest BCUT2D eigenvalue weighted by molar-refractivity contribution is -0.384. The van der Waals surface area contributed by atoms with Crippen LogP contribution in [0.15, 0.2) is 36.4 Å². The van der Waals surface area contributed by atoms with Crippen LogP contribution < -0.4 is 4.90 Å². The molecule has 0 saturated carbocycles. The number of rotatable bonds is 3. The Morgan fingerprint density at radius 3 is 2.17 bits per heavy atom. The zero-order valence-electron chi connectivity index (χ0n) is 14.7. The van der Waals surface area contributed by atoms with Gasteiger partial charge in [-0.15, -0.1) is 0 Å². The number of alkyl halides is 3. The van der Waals surface area contributed by atoms with Crippen molar-refractivity contribution >= 4 is 17.3 Å². The minimum absolute atomic E-state index is 0.0166. The van der Waals surface area contributed by atoms with Crippen molar-refractivity contribution < 1.29 is 31.7 Å². The van der Waals surface area contributed by atoms with Gasteiger partial charge in [0, 0.05) is 37.8 Å². The molecule has 0 spiro atoms. The first-order valence-corrected chi connectivity index (χ1v) is 8.43. The van der Waals surface area contributed by atoms with Crippen LogP contribution in [0.2, 0.25) is 0 Å². The molecule has 1 fully saturated rings. The molecule has 2 aromatic rings. The highest BCUT2D eigenvalue weighted by Gasteiger charge is 2.34. The molecule has 0 N–H and O–H groups in total. The van der Waals surface area contributed by atoms with E-state index >= 15 is 0 Å². The van der Waals surface area contributed by atoms with E-state index in [1.165, 1.54) is 9.80 Å². The minimum atomic E-state index is -4.71. The molecule has 1 saturated heterocycles. The lowest BCUT2D eigenvalue weighted by atomic mass is 10.1. The van der Waals surface area contributed by atoms with E-state index < -0.39 is 39.9 Å². The molecule has 1 heterocycles. The van der Waals surface area contributed by atoms with Gasteiger partial charge in [-0.2, -0.15) is 13.2 Å². The second-order valence-corrected chi connectivity index (χ2v) is 6.37. The Morgan fingerprint density at radius 1 is 0.966 bits per heavy atom. The Balaban J connectivity index is 1.76. The molecule has 0 atom stereocenters. The average molecular weight is 415 g/mol. The molecule has 29 heavy (non-hydrogen) atoms. The third-order valence-electron chi connectivity index (χ3n) is 4.57. The Morgan fingerprint density at radius 2 is 1.62 bits per heavy atom. The van der Waals surface area contributed by atoms with Crippen molar-refractivity contribution in [1.82, 2.24) is 4.90 Å². The third kappa shape index (κ3) is 4.28. The van der Waals surface area contributed by atoms with Crippen LogP contribution in [0.25, 0.3) is 0 Å². The topological polar surface area (TPSA) is 66.7 Å². The maximum atomic E-state index is 13.3. The van der Waals surface area contributed by atoms with Gasteiger partial charge in [-0.3, -0.25) is 14.9 Å². The first-order valence-electron chi connectivity index (χ1n) is 8.43. The van der Waals surface area contributed by atoms with Crippen LogP contribution >= 0.6 is 0 Å². The Hall–Kier alpha value is -3.24. The summed E-state index contributed by atoms with van der Waals surface area (Å²) in [5, 5.41) is 11.2. The minimum Gasteiger partial charge on any atom is -0.362 e. The highest BCUT2D eigenvalue weighted by atomic mass is 19.4. The SMILES string of the molecule is O=C(c1ccc(F)c(F)c1)N1CCN(c2ccc(C(F)(F)F)cc2[N+](=O)[O-])CC1. The van der Waals surface area contributed by atoms with Crippen molar-refractivity contribution in [1.29, 1.82) is 0 Å². The largest absolute Gasteiger partial charge is 0.416 e. The van der Waals surface area contributed by atoms with Crippen molar-refractivity contribution in [2.45, 2.75) is 6.18 Å². The predicted octanol–water partition coefficient (Wildman–Crippen LogP) is 3.85. The summed E-state index contributed by atoms with van der Waals surface area (Å²) in [6.45, 7) is 0.468. The molecule has 6 nitrogen and oxygen atoms in total. The number of nitrogens with zero attached hydrogens (tertiary/aromatic N) is 3. The summed E-state index contributed by atoms with van der Waals surface area (Å²) in [4.78, 5) is 25.6. The van der Waals surface area contributed by atoms with Crippen LogP contribution in [0.4, 0.5) is 33.3 Å². The molecule has 0 aliphatic carbocycles. The third-order valence-corrected chi connectivity index (χ3v) is 4.57. The van der Waals surface area contributed by atoms with Gasteiger partial charge in [-0.1, -0.05) is 0 Å². The van der Waals surface area contributed by atoms with Crippen molar-refractivity contribution in [2.24, 2.45) is 0 Å². The van der Waals surface area contributed by atoms with E-state index in [0.29, 0.717) is 6.07 Å². The van der Waals surface area contributed by atoms with Crippen LogP contribution in [-0.2, 0) is 6.18 Å². The second-order valence-electron chi connectivity index (χ2n) is 6.37. The number of carbonyl (C=O) groups is 1. The molecule has 11 heteroatoms. The zero-order chi connectivity index (χ0) is 21.3. The summed E-state index contributed by atoms with van der Waals surface area (Å²) in [6.07, 6.45) is -4.71. The van der Waals surface area contributed by atoms with E-state index in [0.717, 1.165) is 30.3 Å². The number of benzene rings is 2. The molecule has 2 aromatic carbocycles. The molecular weight excluding hydrogens is 401 g/mol. The van der Waals surface area contributed by atoms with Crippen molar-refractivity contribution in [2.75, 3.05) is 31.1 Å². The van der Waals surface area contributed by atoms with Gasteiger partial charge in [0.25, 0.3) is 11.6 Å². The van der Waals surface area contributed by atoms with E-state index in [9.17, 15) is 36.9 Å². The van der Waals surface area contributed by atoms with E-state index in [1.807, 2.05) is 0 Å². The number of nitro benzene ring substituents is 1. The second kappa shape index (κ2) is 7.64.